The van der Waals surface area contributed by atoms with Crippen molar-refractivity contribution >= 4 is 17.6 Å². The van der Waals surface area contributed by atoms with Gasteiger partial charge in [-0.25, -0.2) is 0 Å². The number of hydrogen-bond donors (Lipinski definition) is 2. The van der Waals surface area contributed by atoms with Gasteiger partial charge in [-0.2, -0.15) is 0 Å². The number of benzene rings is 1. The molecule has 0 fully saturated rings. The van der Waals surface area contributed by atoms with Crippen molar-refractivity contribution in [2.75, 3.05) is 20.7 Å². The highest BCUT2D eigenvalue weighted by atomic mass is 35.5. The van der Waals surface area contributed by atoms with Gasteiger partial charge in [0.25, 0.3) is 0 Å². The van der Waals surface area contributed by atoms with Crippen LogP contribution in [0.15, 0.2) is 33.8 Å². The third-order valence-corrected chi connectivity index (χ3v) is 4.46. The molecule has 1 aromatic carbocycles. The van der Waals surface area contributed by atoms with Crippen LogP contribution in [-0.2, 0) is 24.1 Å². The van der Waals surface area contributed by atoms with E-state index in [9.17, 15) is 0 Å². The lowest BCUT2D eigenvalue weighted by atomic mass is 10.1. The second-order valence-corrected chi connectivity index (χ2v) is 6.26. The van der Waals surface area contributed by atoms with E-state index in [4.69, 9.17) is 20.9 Å². The van der Waals surface area contributed by atoms with Crippen LogP contribution in [0.4, 0.5) is 0 Å². The van der Waals surface area contributed by atoms with Crippen molar-refractivity contribution in [2.45, 2.75) is 39.3 Å². The maximum atomic E-state index is 6.07. The largest absolute Gasteiger partial charge is 0.375 e. The first-order chi connectivity index (χ1) is 12.6. The summed E-state index contributed by atoms with van der Waals surface area (Å²) in [5.41, 5.74) is 3.11. The standard InChI is InChI=1S/C19H27ClN4O2/c1-5-16-15(17(6-2)26-24-16)11-22-19(21-3)23-12-18(25-4)13-8-7-9-14(20)10-13/h7-10,18H,5-6,11-12H2,1-4H3,(H2,21,22,23). The van der Waals surface area contributed by atoms with Gasteiger partial charge in [0.1, 0.15) is 5.76 Å². The molecule has 0 aliphatic heterocycles. The number of aromatic nitrogens is 1. The predicted molar refractivity (Wildman–Crippen MR) is 105 cm³/mol. The number of hydrogen-bond acceptors (Lipinski definition) is 4. The Morgan fingerprint density at radius 3 is 2.73 bits per heavy atom. The van der Waals surface area contributed by atoms with E-state index in [1.165, 1.54) is 0 Å². The van der Waals surface area contributed by atoms with Gasteiger partial charge < -0.3 is 19.9 Å². The molecule has 142 valence electrons. The molecule has 0 saturated heterocycles. The molecule has 0 radical (unpaired) electrons. The van der Waals surface area contributed by atoms with E-state index in [2.05, 4.69) is 34.6 Å². The molecule has 0 bridgehead atoms. The normalized spacial score (nSPS) is 12.9. The first-order valence-electron chi connectivity index (χ1n) is 8.81. The molecule has 1 heterocycles. The van der Waals surface area contributed by atoms with Gasteiger partial charge in [0.2, 0.25) is 0 Å². The van der Waals surface area contributed by atoms with Crippen LogP contribution in [0.25, 0.3) is 0 Å². The molecule has 2 rings (SSSR count). The Labute approximate surface area is 160 Å². The first kappa shape index (κ1) is 20.3. The molecule has 26 heavy (non-hydrogen) atoms. The lowest BCUT2D eigenvalue weighted by molar-refractivity contribution is 0.106. The zero-order valence-electron chi connectivity index (χ0n) is 15.8. The molecular formula is C19H27ClN4O2. The summed E-state index contributed by atoms with van der Waals surface area (Å²) < 4.78 is 11.0. The van der Waals surface area contributed by atoms with Gasteiger partial charge in [-0.1, -0.05) is 42.7 Å². The SMILES string of the molecule is CCc1noc(CC)c1CNC(=NC)NCC(OC)c1cccc(Cl)c1. The molecule has 0 aliphatic carbocycles. The smallest absolute Gasteiger partial charge is 0.191 e. The Morgan fingerprint density at radius 2 is 2.12 bits per heavy atom. The van der Waals surface area contributed by atoms with Gasteiger partial charge in [0, 0.05) is 44.3 Å². The molecule has 7 heteroatoms. The molecule has 0 spiro atoms. The Hall–Kier alpha value is -2.05. The number of nitrogens with zero attached hydrogens (tertiary/aromatic N) is 2. The average Bonchev–Trinajstić information content (AvgIpc) is 3.06. The Balaban J connectivity index is 1.96. The van der Waals surface area contributed by atoms with Crippen LogP contribution in [0, 0.1) is 0 Å². The fourth-order valence-electron chi connectivity index (χ4n) is 2.76. The zero-order chi connectivity index (χ0) is 18.9. The third-order valence-electron chi connectivity index (χ3n) is 4.22. The van der Waals surface area contributed by atoms with E-state index in [-0.39, 0.29) is 6.10 Å². The number of aryl methyl sites for hydroxylation is 2. The number of ether oxygens (including phenoxy) is 1. The number of aliphatic imine (C=N–C) groups is 1. The minimum atomic E-state index is -0.125. The van der Waals surface area contributed by atoms with Crippen molar-refractivity contribution in [3.63, 3.8) is 0 Å². The second-order valence-electron chi connectivity index (χ2n) is 5.82. The maximum Gasteiger partial charge on any atom is 0.191 e. The number of nitrogens with one attached hydrogen (secondary N) is 2. The van der Waals surface area contributed by atoms with Crippen LogP contribution in [0.2, 0.25) is 5.02 Å². The van der Waals surface area contributed by atoms with Crippen LogP contribution in [0.1, 0.15) is 42.5 Å². The number of guanidine groups is 1. The predicted octanol–water partition coefficient (Wildman–Crippen LogP) is 3.51. The van der Waals surface area contributed by atoms with Crippen LogP contribution in [-0.4, -0.2) is 31.8 Å². The van der Waals surface area contributed by atoms with E-state index >= 15 is 0 Å². The quantitative estimate of drug-likeness (QED) is 0.543. The number of methoxy groups -OCH3 is 1. The molecule has 0 amide bonds. The monoisotopic (exact) mass is 378 g/mol. The van der Waals surface area contributed by atoms with Gasteiger partial charge in [-0.05, 0) is 24.1 Å². The van der Waals surface area contributed by atoms with Crippen molar-refractivity contribution < 1.29 is 9.26 Å². The number of halogens is 1. The molecule has 1 atom stereocenters. The summed E-state index contributed by atoms with van der Waals surface area (Å²) in [6, 6.07) is 7.67. The van der Waals surface area contributed by atoms with E-state index in [0.29, 0.717) is 24.1 Å². The molecule has 6 nitrogen and oxygen atoms in total. The summed E-state index contributed by atoms with van der Waals surface area (Å²) in [7, 11) is 3.42. The summed E-state index contributed by atoms with van der Waals surface area (Å²) in [6.45, 7) is 5.32. The molecule has 0 aliphatic rings. The van der Waals surface area contributed by atoms with Gasteiger partial charge in [0.05, 0.1) is 11.8 Å². The summed E-state index contributed by atoms with van der Waals surface area (Å²) in [4.78, 5) is 4.28. The Morgan fingerprint density at radius 1 is 1.31 bits per heavy atom. The minimum Gasteiger partial charge on any atom is -0.375 e. The minimum absolute atomic E-state index is 0.125. The van der Waals surface area contributed by atoms with Crippen molar-refractivity contribution in [3.05, 3.63) is 51.9 Å². The molecule has 2 aromatic rings. The van der Waals surface area contributed by atoms with Crippen molar-refractivity contribution in [2.24, 2.45) is 4.99 Å². The van der Waals surface area contributed by atoms with Gasteiger partial charge in [-0.3, -0.25) is 4.99 Å². The fourth-order valence-corrected chi connectivity index (χ4v) is 2.96. The highest BCUT2D eigenvalue weighted by Gasteiger charge is 2.15. The highest BCUT2D eigenvalue weighted by molar-refractivity contribution is 6.30. The topological polar surface area (TPSA) is 71.7 Å². The summed E-state index contributed by atoms with van der Waals surface area (Å²) in [6.07, 6.45) is 1.53. The van der Waals surface area contributed by atoms with Crippen LogP contribution in [0.3, 0.4) is 0 Å². The summed E-state index contributed by atoms with van der Waals surface area (Å²) >= 11 is 6.07. The lowest BCUT2D eigenvalue weighted by Gasteiger charge is -2.19. The fraction of sp³-hybridized carbons (Fsp3) is 0.474. The van der Waals surface area contributed by atoms with Crippen molar-refractivity contribution in [1.82, 2.24) is 15.8 Å². The van der Waals surface area contributed by atoms with Crippen LogP contribution < -0.4 is 10.6 Å². The van der Waals surface area contributed by atoms with Crippen LogP contribution in [0.5, 0.6) is 0 Å². The van der Waals surface area contributed by atoms with Gasteiger partial charge in [0.15, 0.2) is 5.96 Å². The molecule has 1 unspecified atom stereocenters. The highest BCUT2D eigenvalue weighted by Crippen LogP contribution is 2.20. The lowest BCUT2D eigenvalue weighted by Crippen LogP contribution is -2.39. The van der Waals surface area contributed by atoms with E-state index < -0.39 is 0 Å². The molecule has 0 saturated carbocycles. The molecule has 1 aromatic heterocycles. The summed E-state index contributed by atoms with van der Waals surface area (Å²) in [5, 5.41) is 11.4. The van der Waals surface area contributed by atoms with Crippen LogP contribution >= 0.6 is 11.6 Å². The Kier molecular flexibility index (Phi) is 7.94. The van der Waals surface area contributed by atoms with Gasteiger partial charge >= 0.3 is 0 Å². The average molecular weight is 379 g/mol. The third kappa shape index (κ3) is 5.22. The maximum absolute atomic E-state index is 6.07. The van der Waals surface area contributed by atoms with E-state index in [1.54, 1.807) is 14.2 Å². The summed E-state index contributed by atoms with van der Waals surface area (Å²) in [5.74, 6) is 1.61. The Bertz CT molecular complexity index is 709. The van der Waals surface area contributed by atoms with Crippen molar-refractivity contribution in [1.29, 1.82) is 0 Å². The van der Waals surface area contributed by atoms with Gasteiger partial charge in [-0.15, -0.1) is 0 Å². The molecular weight excluding hydrogens is 352 g/mol. The van der Waals surface area contributed by atoms with E-state index in [0.717, 1.165) is 35.4 Å². The van der Waals surface area contributed by atoms with E-state index in [1.807, 2.05) is 24.3 Å². The second kappa shape index (κ2) is 10.2. The molecule has 2 N–H and O–H groups in total. The number of rotatable bonds is 8. The van der Waals surface area contributed by atoms with Crippen molar-refractivity contribution in [3.8, 4) is 0 Å². The first-order valence-corrected chi connectivity index (χ1v) is 9.19. The zero-order valence-corrected chi connectivity index (χ0v) is 16.6.